The first-order valence-electron chi connectivity index (χ1n) is 19.6. The van der Waals surface area contributed by atoms with Crippen LogP contribution in [0.5, 0.6) is 0 Å². The third-order valence-corrected chi connectivity index (χ3v) is 14.6. The van der Waals surface area contributed by atoms with Crippen LogP contribution in [0.2, 0.25) is 0 Å². The van der Waals surface area contributed by atoms with E-state index in [2.05, 4.69) is 45.6 Å². The van der Waals surface area contributed by atoms with Gasteiger partial charge in [-0.3, -0.25) is 14.4 Å². The molecule has 14 nitrogen and oxygen atoms in total. The first kappa shape index (κ1) is 37.8. The molecule has 2 aliphatic heterocycles. The van der Waals surface area contributed by atoms with Gasteiger partial charge < -0.3 is 34.7 Å². The molecule has 0 radical (unpaired) electrons. The third-order valence-electron chi connectivity index (χ3n) is 14.6. The number of nitrogens with one attached hydrogen (secondary N) is 1. The fourth-order valence-electron chi connectivity index (χ4n) is 11.0. The molecule has 1 amide bonds. The lowest BCUT2D eigenvalue weighted by molar-refractivity contribution is -0.230. The molecule has 2 aromatic rings. The van der Waals surface area contributed by atoms with Gasteiger partial charge in [-0.2, -0.15) is 0 Å². The molecular formula is C39H58N8O6. The maximum atomic E-state index is 13.8. The lowest BCUT2D eigenvalue weighted by Gasteiger charge is -2.65. The van der Waals surface area contributed by atoms with Crippen molar-refractivity contribution >= 4 is 34.6 Å². The average molecular weight is 735 g/mol. The molecule has 53 heavy (non-hydrogen) atoms. The number of aryl methyl sites for hydroxylation is 1. The van der Waals surface area contributed by atoms with Crippen molar-refractivity contribution in [1.29, 1.82) is 0 Å². The Morgan fingerprint density at radius 2 is 1.81 bits per heavy atom. The van der Waals surface area contributed by atoms with E-state index in [0.29, 0.717) is 70.1 Å². The maximum absolute atomic E-state index is 13.8. The van der Waals surface area contributed by atoms with Gasteiger partial charge >= 0.3 is 5.97 Å². The van der Waals surface area contributed by atoms with Gasteiger partial charge in [0, 0.05) is 74.9 Å². The van der Waals surface area contributed by atoms with Crippen molar-refractivity contribution in [2.45, 2.75) is 104 Å². The van der Waals surface area contributed by atoms with Gasteiger partial charge in [0.05, 0.1) is 38.0 Å². The van der Waals surface area contributed by atoms with E-state index in [9.17, 15) is 24.6 Å². The number of aliphatic hydroxyl groups is 2. The molecule has 2 saturated heterocycles. The molecule has 3 aliphatic carbocycles. The van der Waals surface area contributed by atoms with Gasteiger partial charge in [0.15, 0.2) is 17.0 Å². The number of Topliss-reactive ketones (excluding diaryl/α,β-unsaturated/α-hetero) is 1. The Balaban J connectivity index is 0.963. The minimum atomic E-state index is -0.933. The number of carbonyl (C=O) groups excluding carboxylic acids is 3. The van der Waals surface area contributed by atoms with Gasteiger partial charge in [-0.15, -0.1) is 11.6 Å². The molecule has 7 rings (SSSR count). The fourth-order valence-corrected chi connectivity index (χ4v) is 11.0. The number of ketones is 1. The van der Waals surface area contributed by atoms with Crippen LogP contribution in [0.15, 0.2) is 25.3 Å². The van der Waals surface area contributed by atoms with Gasteiger partial charge in [-0.05, 0) is 49.4 Å². The largest absolute Gasteiger partial charge is 0.392 e. The highest BCUT2D eigenvalue weighted by atomic mass is 16.7. The zero-order valence-corrected chi connectivity index (χ0v) is 32.1. The van der Waals surface area contributed by atoms with Crippen molar-refractivity contribution in [1.82, 2.24) is 34.8 Å². The Hall–Kier alpha value is -3.46. The monoisotopic (exact) mass is 734 g/mol. The number of anilines is 1. The molecule has 0 spiro atoms. The fraction of sp³-hybridized carbons (Fsp3) is 0.744. The van der Waals surface area contributed by atoms with Crippen LogP contribution in [-0.4, -0.2) is 121 Å². The number of aliphatic hydroxyl groups excluding tert-OH is 2. The maximum Gasteiger partial charge on any atom is 0.325 e. The number of aromatic nitrogens is 4. The van der Waals surface area contributed by atoms with E-state index in [-0.39, 0.29) is 36.9 Å². The van der Waals surface area contributed by atoms with Crippen molar-refractivity contribution in [3.05, 3.63) is 25.3 Å². The molecule has 3 N–H and O–H groups in total. The van der Waals surface area contributed by atoms with Gasteiger partial charge in [-0.1, -0.05) is 33.8 Å². The summed E-state index contributed by atoms with van der Waals surface area (Å²) in [6, 6.07) is 0.353. The summed E-state index contributed by atoms with van der Waals surface area (Å²) in [4.78, 5) is 64.4. The number of hydrogen-bond acceptors (Lipinski definition) is 12. The molecule has 14 heteroatoms. The van der Waals surface area contributed by atoms with E-state index in [1.165, 1.54) is 0 Å². The van der Waals surface area contributed by atoms with Gasteiger partial charge in [0.25, 0.3) is 0 Å². The van der Waals surface area contributed by atoms with Crippen LogP contribution in [0.25, 0.3) is 11.2 Å². The highest BCUT2D eigenvalue weighted by Gasteiger charge is 2.71. The Morgan fingerprint density at radius 3 is 2.53 bits per heavy atom. The minimum absolute atomic E-state index is 0.0135. The van der Waals surface area contributed by atoms with E-state index in [0.717, 1.165) is 31.0 Å². The minimum Gasteiger partial charge on any atom is -0.392 e. The second-order valence-electron chi connectivity index (χ2n) is 17.4. The quantitative estimate of drug-likeness (QED) is 0.340. The lowest BCUT2D eigenvalue weighted by atomic mass is 9.39. The number of fused-ring (bicyclic) bond motifs is 1. The zero-order chi connectivity index (χ0) is 37.9. The first-order chi connectivity index (χ1) is 25.2. The molecule has 3 saturated carbocycles. The Kier molecular flexibility index (Phi) is 9.99. The zero-order valence-electron chi connectivity index (χ0n) is 32.1. The van der Waals surface area contributed by atoms with Crippen molar-refractivity contribution in [3.63, 3.8) is 0 Å². The summed E-state index contributed by atoms with van der Waals surface area (Å²) in [6.07, 6.45) is 6.39. The van der Waals surface area contributed by atoms with Crippen LogP contribution in [0.1, 0.15) is 79.6 Å². The smallest absolute Gasteiger partial charge is 0.325 e. The predicted octanol–water partition coefficient (Wildman–Crippen LogP) is 2.73. The van der Waals surface area contributed by atoms with Crippen molar-refractivity contribution in [2.75, 3.05) is 50.7 Å². The summed E-state index contributed by atoms with van der Waals surface area (Å²) in [6.45, 7) is 18.8. The summed E-state index contributed by atoms with van der Waals surface area (Å²) >= 11 is 0. The Bertz CT molecular complexity index is 1740. The molecule has 2 bridgehead atoms. The molecule has 5 fully saturated rings. The second-order valence-corrected chi connectivity index (χ2v) is 17.4. The molecule has 9 atom stereocenters. The van der Waals surface area contributed by atoms with Crippen molar-refractivity contribution in [2.24, 2.45) is 33.5 Å². The number of carbonyl (C=O) groups is 3. The van der Waals surface area contributed by atoms with Crippen molar-refractivity contribution < 1.29 is 29.4 Å². The van der Waals surface area contributed by atoms with Crippen LogP contribution >= 0.6 is 0 Å². The van der Waals surface area contributed by atoms with Gasteiger partial charge in [0.1, 0.15) is 12.1 Å². The van der Waals surface area contributed by atoms with Crippen LogP contribution in [-0.2, 0) is 25.8 Å². The standard InChI is InChI=1S/C39H58N8O6/c1-7-36(4)20-28(49)38(6)32-27(48)8-10-39(32,26(3)33(36)52)12-11-37(38,5)21-30(51)53-47-18-16-44(17-19-47)29(50)9-14-46-24-43-31-34(41-23-42-35(31)46)45-15-13-40-25(2)22-45/h7,23-26,28,32-33,40,49,52H,1,8-22H2,2-6H3. The topological polar surface area (TPSA) is 166 Å². The number of hydroxylamine groups is 2. The van der Waals surface area contributed by atoms with Gasteiger partial charge in [0.2, 0.25) is 5.91 Å². The summed E-state index contributed by atoms with van der Waals surface area (Å²) in [5.74, 6) is -0.0787. The molecule has 9 unspecified atom stereocenters. The van der Waals surface area contributed by atoms with Crippen LogP contribution in [0.3, 0.4) is 0 Å². The lowest BCUT2D eigenvalue weighted by Crippen LogP contribution is -2.66. The van der Waals surface area contributed by atoms with E-state index < -0.39 is 45.8 Å². The number of nitrogens with zero attached hydrogens (tertiary/aromatic N) is 7. The van der Waals surface area contributed by atoms with Gasteiger partial charge in [-0.25, -0.2) is 15.0 Å². The van der Waals surface area contributed by atoms with E-state index in [1.54, 1.807) is 28.7 Å². The molecule has 4 heterocycles. The normalized spacial score (nSPS) is 37.9. The summed E-state index contributed by atoms with van der Waals surface area (Å²) in [5, 5.41) is 28.8. The number of rotatable bonds is 8. The SMILES string of the molecule is C=CC1(C)CC(O)C2(C)C3C(=O)CCC3(CCC2(C)CC(=O)ON2CCN(C(=O)CCn3cnc4c(N5CCNC(C)C5)ncnc43)CC2)C(C)C1O. The molecule has 290 valence electrons. The van der Waals surface area contributed by atoms with E-state index in [4.69, 9.17) is 4.84 Å². The van der Waals surface area contributed by atoms with E-state index >= 15 is 0 Å². The number of imidazole rings is 1. The number of piperazine rings is 2. The van der Waals surface area contributed by atoms with Crippen molar-refractivity contribution in [3.8, 4) is 0 Å². The first-order valence-corrected chi connectivity index (χ1v) is 19.6. The predicted molar refractivity (Wildman–Crippen MR) is 198 cm³/mol. The molecule has 0 aromatic carbocycles. The number of hydrogen-bond donors (Lipinski definition) is 3. The van der Waals surface area contributed by atoms with Crippen LogP contribution in [0.4, 0.5) is 5.82 Å². The summed E-state index contributed by atoms with van der Waals surface area (Å²) < 4.78 is 1.91. The Morgan fingerprint density at radius 1 is 1.06 bits per heavy atom. The average Bonchev–Trinajstić information content (AvgIpc) is 3.72. The number of amides is 1. The highest BCUT2D eigenvalue weighted by molar-refractivity contribution is 5.86. The second kappa shape index (κ2) is 14.0. The third kappa shape index (κ3) is 6.27. The molecule has 5 aliphatic rings. The molecular weight excluding hydrogens is 676 g/mol. The summed E-state index contributed by atoms with van der Waals surface area (Å²) in [7, 11) is 0. The van der Waals surface area contributed by atoms with Crippen LogP contribution < -0.4 is 10.2 Å². The highest BCUT2D eigenvalue weighted by Crippen LogP contribution is 2.71. The Labute approximate surface area is 312 Å². The molecule has 2 aromatic heterocycles. The van der Waals surface area contributed by atoms with E-state index in [1.807, 2.05) is 25.3 Å². The summed E-state index contributed by atoms with van der Waals surface area (Å²) in [5.41, 5.74) is -1.36. The van der Waals surface area contributed by atoms with Crippen LogP contribution in [0, 0.1) is 33.5 Å².